The Hall–Kier alpha value is -2.45. The van der Waals surface area contributed by atoms with Gasteiger partial charge in [-0.15, -0.1) is 0 Å². The van der Waals surface area contributed by atoms with Gasteiger partial charge in [0, 0.05) is 6.42 Å². The molecule has 0 unspecified atom stereocenters. The normalized spacial score (nSPS) is 37.1. The maximum Gasteiger partial charge on any atom is 0.386 e. The lowest BCUT2D eigenvalue weighted by atomic mass is 10.1. The Balaban J connectivity index is 1.18. The summed E-state index contributed by atoms with van der Waals surface area (Å²) in [4.78, 5) is 24.5. The van der Waals surface area contributed by atoms with E-state index in [1.54, 1.807) is 0 Å². The molecule has 4 N–H and O–H groups in total. The molecule has 3 aliphatic rings. The minimum atomic E-state index is -4.23. The van der Waals surface area contributed by atoms with Gasteiger partial charge in [0.15, 0.2) is 41.6 Å². The number of halogens is 1. The molecular formula is C20H23FN10O8P2S2. The fourth-order valence-corrected chi connectivity index (χ4v) is 8.18. The highest BCUT2D eigenvalue weighted by Crippen LogP contribution is 2.60. The molecule has 4 aromatic heterocycles. The highest BCUT2D eigenvalue weighted by molar-refractivity contribution is 8.44. The van der Waals surface area contributed by atoms with Gasteiger partial charge in [-0.2, -0.15) is 0 Å². The molecule has 7 heterocycles. The first-order chi connectivity index (χ1) is 20.5. The van der Waals surface area contributed by atoms with Gasteiger partial charge in [0.05, 0.1) is 32.0 Å². The van der Waals surface area contributed by atoms with E-state index in [1.165, 1.54) is 34.4 Å². The van der Waals surface area contributed by atoms with Gasteiger partial charge in [-0.05, 0) is 0 Å². The van der Waals surface area contributed by atoms with Gasteiger partial charge in [0.1, 0.15) is 42.0 Å². The summed E-state index contributed by atoms with van der Waals surface area (Å²) >= 11 is 8.21. The highest BCUT2D eigenvalue weighted by Gasteiger charge is 2.52. The summed E-state index contributed by atoms with van der Waals surface area (Å²) in [6.07, 6.45) is -3.59. The SMILES string of the molecule is Nc1ncnc2c1ncn2[C@@H]1O[C@@H]2CO[P@@](=O)(S)O[C@@H]3C[C@@H](CO[P@](=O)(S)O[C@H]2[C@H]1F)O[C@H]3n1cnc2c(N)ncnc21. The third kappa shape index (κ3) is 5.41. The Kier molecular flexibility index (Phi) is 7.40. The molecular weight excluding hydrogens is 653 g/mol. The van der Waals surface area contributed by atoms with E-state index in [0.717, 1.165) is 0 Å². The van der Waals surface area contributed by atoms with Crippen LogP contribution in [0.4, 0.5) is 16.0 Å². The number of nitrogen functional groups attached to an aromatic ring is 2. The largest absolute Gasteiger partial charge is 0.386 e. The third-order valence-electron chi connectivity index (χ3n) is 7.08. The van der Waals surface area contributed by atoms with Crippen molar-refractivity contribution >= 4 is 72.1 Å². The van der Waals surface area contributed by atoms with E-state index in [-0.39, 0.29) is 35.8 Å². The van der Waals surface area contributed by atoms with Crippen LogP contribution in [0, 0.1) is 0 Å². The topological polar surface area (TPSA) is 229 Å². The van der Waals surface area contributed by atoms with Crippen LogP contribution in [0.3, 0.4) is 0 Å². The van der Waals surface area contributed by atoms with Gasteiger partial charge >= 0.3 is 13.6 Å². The van der Waals surface area contributed by atoms with Gasteiger partial charge in [-0.3, -0.25) is 27.2 Å². The van der Waals surface area contributed by atoms with Crippen molar-refractivity contribution in [2.24, 2.45) is 0 Å². The van der Waals surface area contributed by atoms with Crippen molar-refractivity contribution in [3.63, 3.8) is 0 Å². The number of rotatable bonds is 2. The lowest BCUT2D eigenvalue weighted by Crippen LogP contribution is -2.33. The summed E-state index contributed by atoms with van der Waals surface area (Å²) in [6.45, 7) is -9.23. The number of aromatic nitrogens is 8. The number of anilines is 2. The molecule has 7 rings (SSSR count). The second-order valence-corrected chi connectivity index (χ2v) is 15.6. The summed E-state index contributed by atoms with van der Waals surface area (Å²) in [5.41, 5.74) is 12.8. The number of hydrogen-bond acceptors (Lipinski definition) is 16. The molecule has 4 aromatic rings. The van der Waals surface area contributed by atoms with Crippen molar-refractivity contribution < 1.29 is 41.1 Å². The van der Waals surface area contributed by atoms with Gasteiger partial charge in [0.2, 0.25) is 0 Å². The Morgan fingerprint density at radius 3 is 2.02 bits per heavy atom. The number of fused-ring (bicyclic) bond motifs is 5. The van der Waals surface area contributed by atoms with Crippen molar-refractivity contribution in [2.75, 3.05) is 24.7 Å². The Morgan fingerprint density at radius 2 is 1.37 bits per heavy atom. The van der Waals surface area contributed by atoms with E-state index in [9.17, 15) is 9.13 Å². The fraction of sp³-hybridized carbons (Fsp3) is 0.500. The molecule has 0 saturated carbocycles. The van der Waals surface area contributed by atoms with E-state index in [2.05, 4.69) is 54.4 Å². The number of imidazole rings is 2. The van der Waals surface area contributed by atoms with Crippen LogP contribution in [0.1, 0.15) is 18.9 Å². The number of nitrogens with zero attached hydrogens (tertiary/aromatic N) is 8. The number of ether oxygens (including phenoxy) is 2. The smallest absolute Gasteiger partial charge is 0.382 e. The van der Waals surface area contributed by atoms with Crippen LogP contribution in [0.2, 0.25) is 0 Å². The molecule has 0 aliphatic carbocycles. The van der Waals surface area contributed by atoms with Gasteiger partial charge < -0.3 is 20.9 Å². The monoisotopic (exact) mass is 676 g/mol. The molecule has 0 aromatic carbocycles. The van der Waals surface area contributed by atoms with E-state index in [4.69, 9.17) is 39.0 Å². The van der Waals surface area contributed by atoms with Crippen molar-refractivity contribution in [3.8, 4) is 0 Å². The van der Waals surface area contributed by atoms with Gasteiger partial charge in [-0.25, -0.2) is 43.4 Å². The van der Waals surface area contributed by atoms with Crippen LogP contribution >= 0.6 is 38.1 Å². The Labute approximate surface area is 251 Å². The molecule has 2 bridgehead atoms. The Bertz CT molecular complexity index is 1800. The molecule has 3 saturated heterocycles. The average molecular weight is 677 g/mol. The second-order valence-electron chi connectivity index (χ2n) is 9.80. The minimum absolute atomic E-state index is 0.0791. The molecule has 43 heavy (non-hydrogen) atoms. The van der Waals surface area contributed by atoms with Crippen LogP contribution in [-0.2, 0) is 36.7 Å². The molecule has 3 aliphatic heterocycles. The van der Waals surface area contributed by atoms with Gasteiger partial charge in [0.25, 0.3) is 0 Å². The minimum Gasteiger partial charge on any atom is -0.382 e. The second kappa shape index (κ2) is 10.9. The van der Waals surface area contributed by atoms with Crippen molar-refractivity contribution in [3.05, 3.63) is 25.3 Å². The molecule has 0 spiro atoms. The van der Waals surface area contributed by atoms with Crippen molar-refractivity contribution in [1.29, 1.82) is 0 Å². The summed E-state index contributed by atoms with van der Waals surface area (Å²) in [5.74, 6) is 0.225. The number of thiol groups is 2. The van der Waals surface area contributed by atoms with Crippen LogP contribution in [0.25, 0.3) is 22.3 Å². The predicted octanol–water partition coefficient (Wildman–Crippen LogP) is 2.25. The molecule has 0 amide bonds. The molecule has 23 heteroatoms. The zero-order chi connectivity index (χ0) is 30.1. The van der Waals surface area contributed by atoms with Crippen molar-refractivity contribution in [2.45, 2.75) is 49.5 Å². The quantitative estimate of drug-likeness (QED) is 0.176. The zero-order valence-electron chi connectivity index (χ0n) is 21.6. The van der Waals surface area contributed by atoms with E-state index >= 15 is 4.39 Å². The van der Waals surface area contributed by atoms with E-state index < -0.39 is 63.2 Å². The van der Waals surface area contributed by atoms with Gasteiger partial charge in [-0.1, -0.05) is 24.5 Å². The lowest BCUT2D eigenvalue weighted by molar-refractivity contribution is -0.0561. The standard InChI is InChI=1S/C20H23FN10O8P2S2/c21-11-14-10(37-20(11)31-7-29-13-16(23)25-5-27-18(13)31)3-35-40(32,42)38-9-1-8(2-34-41(33,43)39-14)36-19(9)30-6-28-12-15(22)24-4-26-17(12)30/h4-11,14,19-20H,1-3H2,(H,32,42)(H,33,43)(H2,22,24,26)(H2,23,25,27)/t8-,9+,10+,11+,14+,19+,20+,40+,41-/m0/s1. The first-order valence-corrected chi connectivity index (χ1v) is 18.0. The van der Waals surface area contributed by atoms with Crippen LogP contribution in [0.5, 0.6) is 0 Å². The third-order valence-corrected chi connectivity index (χ3v) is 10.3. The van der Waals surface area contributed by atoms with Crippen LogP contribution in [-0.4, -0.2) is 82.8 Å². The van der Waals surface area contributed by atoms with E-state index in [0.29, 0.717) is 11.2 Å². The first-order valence-electron chi connectivity index (χ1n) is 12.6. The highest BCUT2D eigenvalue weighted by atomic mass is 32.7. The maximum absolute atomic E-state index is 16.0. The molecule has 230 valence electrons. The zero-order valence-corrected chi connectivity index (χ0v) is 25.2. The maximum atomic E-state index is 16.0. The van der Waals surface area contributed by atoms with Crippen molar-refractivity contribution in [1.82, 2.24) is 39.0 Å². The predicted molar refractivity (Wildman–Crippen MR) is 152 cm³/mol. The summed E-state index contributed by atoms with van der Waals surface area (Å²) in [5, 5.41) is 0. The van der Waals surface area contributed by atoms with E-state index in [1.807, 2.05) is 0 Å². The molecule has 18 nitrogen and oxygen atoms in total. The molecule has 3 fully saturated rings. The number of nitrogens with two attached hydrogens (primary N) is 2. The lowest BCUT2D eigenvalue weighted by Gasteiger charge is -2.26. The summed E-state index contributed by atoms with van der Waals surface area (Å²) in [6, 6.07) is 0. The van der Waals surface area contributed by atoms with Crippen LogP contribution < -0.4 is 11.5 Å². The summed E-state index contributed by atoms with van der Waals surface area (Å²) in [7, 11) is 0. The average Bonchev–Trinajstić information content (AvgIpc) is 3.72. The van der Waals surface area contributed by atoms with Crippen LogP contribution in [0.15, 0.2) is 25.3 Å². The fourth-order valence-electron chi connectivity index (χ4n) is 5.18. The number of alkyl halides is 1. The first kappa shape index (κ1) is 29.3. The summed E-state index contributed by atoms with van der Waals surface area (Å²) < 4.78 is 80.0. The molecule has 0 radical (unpaired) electrons. The number of hydrogen-bond donors (Lipinski definition) is 4. The Morgan fingerprint density at radius 1 is 0.791 bits per heavy atom. The molecule has 9 atom stereocenters.